The third-order valence-corrected chi connectivity index (χ3v) is 3.02. The van der Waals surface area contributed by atoms with E-state index in [2.05, 4.69) is 5.32 Å². The number of rotatable bonds is 8. The number of hydrogen-bond donors (Lipinski definition) is 2. The lowest BCUT2D eigenvalue weighted by atomic mass is 9.97. The fourth-order valence-electron chi connectivity index (χ4n) is 1.38. The van der Waals surface area contributed by atoms with E-state index >= 15 is 0 Å². The normalized spacial score (nSPS) is 20.8. The van der Waals surface area contributed by atoms with Crippen LogP contribution in [0.2, 0.25) is 0 Å². The number of ether oxygens (including phenoxy) is 1. The maximum absolute atomic E-state index is 9.14. The van der Waals surface area contributed by atoms with Crippen LogP contribution < -0.4 is 5.32 Å². The lowest BCUT2D eigenvalue weighted by Crippen LogP contribution is -2.43. The zero-order chi connectivity index (χ0) is 10.4. The topological polar surface area (TPSA) is 41.5 Å². The minimum absolute atomic E-state index is 0.136. The third kappa shape index (κ3) is 4.40. The highest BCUT2D eigenvalue weighted by Crippen LogP contribution is 2.28. The molecule has 1 aliphatic carbocycles. The van der Waals surface area contributed by atoms with E-state index < -0.39 is 0 Å². The molecule has 0 radical (unpaired) electrons. The fraction of sp³-hybridized carbons (Fsp3) is 1.00. The van der Waals surface area contributed by atoms with Crippen molar-refractivity contribution in [3.8, 4) is 0 Å². The number of likely N-dealkylation sites (N-methyl/N-ethyl adjacent to an activating group) is 1. The van der Waals surface area contributed by atoms with Gasteiger partial charge in [-0.1, -0.05) is 0 Å². The first-order valence-electron chi connectivity index (χ1n) is 5.58. The van der Waals surface area contributed by atoms with E-state index in [1.54, 1.807) is 0 Å². The molecule has 1 fully saturated rings. The summed E-state index contributed by atoms with van der Waals surface area (Å²) in [7, 11) is 1.89. The van der Waals surface area contributed by atoms with Gasteiger partial charge in [-0.25, -0.2) is 0 Å². The van der Waals surface area contributed by atoms with E-state index in [0.29, 0.717) is 0 Å². The average Bonchev–Trinajstić information content (AvgIpc) is 3.01. The summed E-state index contributed by atoms with van der Waals surface area (Å²) in [4.78, 5) is 0. The van der Waals surface area contributed by atoms with Crippen LogP contribution >= 0.6 is 0 Å². The largest absolute Gasteiger partial charge is 0.394 e. The standard InChI is InChI=1S/C11H23NO2/c1-11(9-13,12-2)6-3-7-14-8-10-4-5-10/h10,12-13H,3-9H2,1-2H3. The van der Waals surface area contributed by atoms with Crippen LogP contribution in [-0.2, 0) is 4.74 Å². The van der Waals surface area contributed by atoms with Gasteiger partial charge in [0.1, 0.15) is 0 Å². The van der Waals surface area contributed by atoms with E-state index in [1.807, 2.05) is 14.0 Å². The van der Waals surface area contributed by atoms with Crippen molar-refractivity contribution in [3.63, 3.8) is 0 Å². The van der Waals surface area contributed by atoms with Crippen molar-refractivity contribution in [2.45, 2.75) is 38.1 Å². The summed E-state index contributed by atoms with van der Waals surface area (Å²) in [6.45, 7) is 3.99. The van der Waals surface area contributed by atoms with Crippen molar-refractivity contribution < 1.29 is 9.84 Å². The lowest BCUT2D eigenvalue weighted by molar-refractivity contribution is 0.105. The summed E-state index contributed by atoms with van der Waals surface area (Å²) >= 11 is 0. The van der Waals surface area contributed by atoms with Gasteiger partial charge < -0.3 is 15.2 Å². The summed E-state index contributed by atoms with van der Waals surface area (Å²) in [5.41, 5.74) is -0.136. The van der Waals surface area contributed by atoms with E-state index in [-0.39, 0.29) is 12.1 Å². The van der Waals surface area contributed by atoms with E-state index in [0.717, 1.165) is 32.0 Å². The first-order valence-corrected chi connectivity index (χ1v) is 5.58. The molecule has 14 heavy (non-hydrogen) atoms. The van der Waals surface area contributed by atoms with E-state index in [9.17, 15) is 0 Å². The molecular formula is C11H23NO2. The Labute approximate surface area is 86.8 Å². The van der Waals surface area contributed by atoms with Crippen LogP contribution in [0.5, 0.6) is 0 Å². The van der Waals surface area contributed by atoms with Gasteiger partial charge in [0.05, 0.1) is 6.61 Å². The monoisotopic (exact) mass is 201 g/mol. The molecule has 3 heteroatoms. The first kappa shape index (κ1) is 12.0. The molecule has 84 valence electrons. The highest BCUT2D eigenvalue weighted by Gasteiger charge is 2.22. The number of nitrogens with one attached hydrogen (secondary N) is 1. The van der Waals surface area contributed by atoms with Crippen LogP contribution in [0.15, 0.2) is 0 Å². The molecule has 1 unspecified atom stereocenters. The maximum atomic E-state index is 9.14. The zero-order valence-electron chi connectivity index (χ0n) is 9.38. The van der Waals surface area contributed by atoms with Crippen LogP contribution in [0.4, 0.5) is 0 Å². The van der Waals surface area contributed by atoms with Gasteiger partial charge >= 0.3 is 0 Å². The summed E-state index contributed by atoms with van der Waals surface area (Å²) in [6, 6.07) is 0. The van der Waals surface area contributed by atoms with Crippen molar-refractivity contribution in [2.24, 2.45) is 5.92 Å². The quantitative estimate of drug-likeness (QED) is 0.579. The van der Waals surface area contributed by atoms with Gasteiger partial charge in [0, 0.05) is 18.8 Å². The molecule has 0 aromatic heterocycles. The molecule has 0 heterocycles. The average molecular weight is 201 g/mol. The Morgan fingerprint density at radius 2 is 2.21 bits per heavy atom. The molecular weight excluding hydrogens is 178 g/mol. The Hall–Kier alpha value is -0.120. The molecule has 0 aromatic rings. The Bertz CT molecular complexity index is 153. The molecule has 0 amide bonds. The predicted molar refractivity (Wildman–Crippen MR) is 57.3 cm³/mol. The molecule has 2 N–H and O–H groups in total. The minimum Gasteiger partial charge on any atom is -0.394 e. The predicted octanol–water partition coefficient (Wildman–Crippen LogP) is 1.16. The Balaban J connectivity index is 1.95. The van der Waals surface area contributed by atoms with Gasteiger partial charge in [-0.3, -0.25) is 0 Å². The van der Waals surface area contributed by atoms with Crippen LogP contribution in [0.25, 0.3) is 0 Å². The highest BCUT2D eigenvalue weighted by atomic mass is 16.5. The SMILES string of the molecule is CNC(C)(CO)CCCOCC1CC1. The lowest BCUT2D eigenvalue weighted by Gasteiger charge is -2.26. The molecule has 3 nitrogen and oxygen atoms in total. The molecule has 0 spiro atoms. The third-order valence-electron chi connectivity index (χ3n) is 3.02. The smallest absolute Gasteiger partial charge is 0.0610 e. The fourth-order valence-corrected chi connectivity index (χ4v) is 1.38. The van der Waals surface area contributed by atoms with Gasteiger partial charge in [0.2, 0.25) is 0 Å². The summed E-state index contributed by atoms with van der Waals surface area (Å²) in [5.74, 6) is 0.850. The molecule has 0 aliphatic heterocycles. The van der Waals surface area contributed by atoms with Crippen LogP contribution in [-0.4, -0.2) is 37.5 Å². The van der Waals surface area contributed by atoms with E-state index in [4.69, 9.17) is 9.84 Å². The maximum Gasteiger partial charge on any atom is 0.0610 e. The number of hydrogen-bond acceptors (Lipinski definition) is 3. The summed E-state index contributed by atoms with van der Waals surface area (Å²) < 4.78 is 5.53. The molecule has 1 atom stereocenters. The molecule has 1 aliphatic rings. The van der Waals surface area contributed by atoms with Gasteiger partial charge in [0.15, 0.2) is 0 Å². The first-order chi connectivity index (χ1) is 6.70. The van der Waals surface area contributed by atoms with Crippen LogP contribution in [0.3, 0.4) is 0 Å². The van der Waals surface area contributed by atoms with Crippen molar-refractivity contribution in [1.82, 2.24) is 5.32 Å². The van der Waals surface area contributed by atoms with Crippen molar-refractivity contribution >= 4 is 0 Å². The van der Waals surface area contributed by atoms with Gasteiger partial charge in [-0.15, -0.1) is 0 Å². The van der Waals surface area contributed by atoms with Gasteiger partial charge in [0.25, 0.3) is 0 Å². The molecule has 1 rings (SSSR count). The highest BCUT2D eigenvalue weighted by molar-refractivity contribution is 4.80. The Kier molecular flexibility index (Phi) is 4.85. The molecule has 1 saturated carbocycles. The molecule has 0 saturated heterocycles. The van der Waals surface area contributed by atoms with Crippen LogP contribution in [0.1, 0.15) is 32.6 Å². The van der Waals surface area contributed by atoms with Crippen LogP contribution in [0, 0.1) is 5.92 Å². The van der Waals surface area contributed by atoms with Crippen molar-refractivity contribution in [2.75, 3.05) is 26.9 Å². The Morgan fingerprint density at radius 3 is 2.71 bits per heavy atom. The van der Waals surface area contributed by atoms with Crippen molar-refractivity contribution in [3.05, 3.63) is 0 Å². The summed E-state index contributed by atoms with van der Waals surface area (Å²) in [6.07, 6.45) is 4.69. The summed E-state index contributed by atoms with van der Waals surface area (Å²) in [5, 5.41) is 12.3. The second-order valence-corrected chi connectivity index (χ2v) is 4.59. The second kappa shape index (κ2) is 5.69. The van der Waals surface area contributed by atoms with Gasteiger partial charge in [-0.2, -0.15) is 0 Å². The second-order valence-electron chi connectivity index (χ2n) is 4.59. The molecule has 0 bridgehead atoms. The Morgan fingerprint density at radius 1 is 1.50 bits per heavy atom. The van der Waals surface area contributed by atoms with Crippen molar-refractivity contribution in [1.29, 1.82) is 0 Å². The van der Waals surface area contributed by atoms with Gasteiger partial charge in [-0.05, 0) is 45.6 Å². The molecule has 0 aromatic carbocycles. The zero-order valence-corrected chi connectivity index (χ0v) is 9.38. The minimum atomic E-state index is -0.136. The van der Waals surface area contributed by atoms with E-state index in [1.165, 1.54) is 12.8 Å². The number of aliphatic hydroxyl groups is 1. The number of aliphatic hydroxyl groups excluding tert-OH is 1.